The fraction of sp³-hybridized carbons (Fsp3) is 0.529. The standard InChI is InChI=1S/C34H50N4O6/c1-5-8-11-12-13-16-26(32(42)36-38-34(44)28-20-18-25(15-10-7-3)22-30(28)40)23(4)31(41)35-37-33(43)27-19-17-24(14-9-6-2)21-29(27)39/h17-23,26,39-40H,5-16H2,1-4H3,(H,35,41)(H,36,42)(H,37,43)(H,38,44). The number of hydrazine groups is 2. The first-order chi connectivity index (χ1) is 21.1. The second kappa shape index (κ2) is 19.2. The number of hydrogen-bond acceptors (Lipinski definition) is 6. The van der Waals surface area contributed by atoms with Crippen molar-refractivity contribution >= 4 is 23.6 Å². The molecule has 6 N–H and O–H groups in total. The van der Waals surface area contributed by atoms with Gasteiger partial charge in [0.25, 0.3) is 11.8 Å². The van der Waals surface area contributed by atoms with Gasteiger partial charge in [0, 0.05) is 5.92 Å². The summed E-state index contributed by atoms with van der Waals surface area (Å²) in [6.45, 7) is 7.84. The van der Waals surface area contributed by atoms with E-state index in [-0.39, 0.29) is 22.6 Å². The molecule has 2 atom stereocenters. The predicted molar refractivity (Wildman–Crippen MR) is 171 cm³/mol. The minimum Gasteiger partial charge on any atom is -0.507 e. The first kappa shape index (κ1) is 36.1. The highest BCUT2D eigenvalue weighted by Gasteiger charge is 2.31. The highest BCUT2D eigenvalue weighted by Crippen LogP contribution is 2.23. The minimum absolute atomic E-state index is 0.0211. The zero-order valence-corrected chi connectivity index (χ0v) is 26.6. The van der Waals surface area contributed by atoms with Crippen LogP contribution in [0.3, 0.4) is 0 Å². The minimum atomic E-state index is -0.852. The molecule has 0 spiro atoms. The van der Waals surface area contributed by atoms with Gasteiger partial charge in [0.05, 0.1) is 17.0 Å². The van der Waals surface area contributed by atoms with Gasteiger partial charge in [-0.25, -0.2) is 0 Å². The zero-order valence-electron chi connectivity index (χ0n) is 26.6. The van der Waals surface area contributed by atoms with Crippen LogP contribution in [0.1, 0.15) is 124 Å². The van der Waals surface area contributed by atoms with Crippen molar-refractivity contribution in [1.29, 1.82) is 0 Å². The number of unbranched alkanes of at least 4 members (excludes halogenated alkanes) is 6. The Morgan fingerprint density at radius 3 is 1.52 bits per heavy atom. The Morgan fingerprint density at radius 2 is 1.07 bits per heavy atom. The lowest BCUT2D eigenvalue weighted by atomic mass is 9.87. The fourth-order valence-electron chi connectivity index (χ4n) is 4.95. The van der Waals surface area contributed by atoms with Gasteiger partial charge >= 0.3 is 0 Å². The molecule has 4 amide bonds. The number of nitrogens with one attached hydrogen (secondary N) is 4. The van der Waals surface area contributed by atoms with Gasteiger partial charge in [0.15, 0.2) is 0 Å². The molecular weight excluding hydrogens is 560 g/mol. The molecule has 0 aromatic heterocycles. The van der Waals surface area contributed by atoms with Gasteiger partial charge < -0.3 is 10.2 Å². The maximum absolute atomic E-state index is 13.2. The third-order valence-electron chi connectivity index (χ3n) is 7.82. The van der Waals surface area contributed by atoms with Gasteiger partial charge in [-0.05, 0) is 67.5 Å². The first-order valence-electron chi connectivity index (χ1n) is 16.0. The maximum atomic E-state index is 13.2. The maximum Gasteiger partial charge on any atom is 0.273 e. The van der Waals surface area contributed by atoms with Crippen molar-refractivity contribution in [2.75, 3.05) is 0 Å². The Hall–Kier alpha value is -4.08. The molecule has 0 aliphatic carbocycles. The summed E-state index contributed by atoms with van der Waals surface area (Å²) in [7, 11) is 0. The van der Waals surface area contributed by atoms with Crippen molar-refractivity contribution in [3.8, 4) is 11.5 Å². The molecule has 0 radical (unpaired) electrons. The Labute approximate surface area is 261 Å². The number of aromatic hydroxyl groups is 2. The molecule has 2 aromatic carbocycles. The Morgan fingerprint density at radius 1 is 0.614 bits per heavy atom. The average molecular weight is 611 g/mol. The lowest BCUT2D eigenvalue weighted by molar-refractivity contribution is -0.135. The van der Waals surface area contributed by atoms with Crippen LogP contribution in [0.15, 0.2) is 36.4 Å². The molecule has 0 saturated heterocycles. The number of rotatable bonds is 17. The first-order valence-corrected chi connectivity index (χ1v) is 16.0. The molecule has 10 heteroatoms. The summed E-state index contributed by atoms with van der Waals surface area (Å²) in [4.78, 5) is 51.7. The lowest BCUT2D eigenvalue weighted by Crippen LogP contribution is -2.50. The Balaban J connectivity index is 2.03. The van der Waals surface area contributed by atoms with Gasteiger partial charge in [0.2, 0.25) is 11.8 Å². The topological polar surface area (TPSA) is 157 Å². The van der Waals surface area contributed by atoms with Crippen LogP contribution in [0.4, 0.5) is 0 Å². The molecule has 0 bridgehead atoms. The third kappa shape index (κ3) is 11.5. The number of phenolic OH excluding ortho intramolecular Hbond substituents is 2. The molecular formula is C34H50N4O6. The molecule has 0 heterocycles. The average Bonchev–Trinajstić information content (AvgIpc) is 3.01. The van der Waals surface area contributed by atoms with E-state index in [9.17, 15) is 29.4 Å². The van der Waals surface area contributed by atoms with Crippen molar-refractivity contribution in [3.05, 3.63) is 58.7 Å². The quantitative estimate of drug-likeness (QED) is 0.101. The molecule has 242 valence electrons. The smallest absolute Gasteiger partial charge is 0.273 e. The van der Waals surface area contributed by atoms with Crippen molar-refractivity contribution in [1.82, 2.24) is 21.7 Å². The van der Waals surface area contributed by atoms with Crippen LogP contribution in [0.2, 0.25) is 0 Å². The summed E-state index contributed by atoms with van der Waals surface area (Å²) in [6.07, 6.45) is 10.6. The number of hydrogen-bond donors (Lipinski definition) is 6. The van der Waals surface area contributed by atoms with Crippen LogP contribution in [0.25, 0.3) is 0 Å². The van der Waals surface area contributed by atoms with Crippen LogP contribution >= 0.6 is 0 Å². The molecule has 0 saturated carbocycles. The normalized spacial score (nSPS) is 12.2. The van der Waals surface area contributed by atoms with E-state index < -0.39 is 35.5 Å². The van der Waals surface area contributed by atoms with E-state index in [1.54, 1.807) is 31.2 Å². The van der Waals surface area contributed by atoms with Crippen LogP contribution in [-0.2, 0) is 22.4 Å². The van der Waals surface area contributed by atoms with Crippen LogP contribution in [0, 0.1) is 11.8 Å². The molecule has 2 unspecified atom stereocenters. The van der Waals surface area contributed by atoms with Crippen LogP contribution in [0.5, 0.6) is 11.5 Å². The largest absolute Gasteiger partial charge is 0.507 e. The number of benzene rings is 2. The van der Waals surface area contributed by atoms with Gasteiger partial charge in [-0.2, -0.15) is 0 Å². The molecule has 44 heavy (non-hydrogen) atoms. The zero-order chi connectivity index (χ0) is 32.5. The van der Waals surface area contributed by atoms with Gasteiger partial charge in [0.1, 0.15) is 11.5 Å². The monoisotopic (exact) mass is 610 g/mol. The van der Waals surface area contributed by atoms with Crippen molar-refractivity contribution in [3.63, 3.8) is 0 Å². The van der Waals surface area contributed by atoms with Crippen LogP contribution < -0.4 is 21.7 Å². The van der Waals surface area contributed by atoms with Gasteiger partial charge in [-0.15, -0.1) is 0 Å². The van der Waals surface area contributed by atoms with Crippen molar-refractivity contribution < 1.29 is 29.4 Å². The number of carbonyl (C=O) groups is 4. The molecule has 0 aliphatic rings. The molecule has 10 nitrogen and oxygen atoms in total. The second-order valence-corrected chi connectivity index (χ2v) is 11.4. The lowest BCUT2D eigenvalue weighted by Gasteiger charge is -2.23. The highest BCUT2D eigenvalue weighted by molar-refractivity contribution is 5.99. The van der Waals surface area contributed by atoms with E-state index in [0.29, 0.717) is 12.8 Å². The number of amides is 4. The summed E-state index contributed by atoms with van der Waals surface area (Å²) in [5.41, 5.74) is 11.3. The van der Waals surface area contributed by atoms with E-state index in [4.69, 9.17) is 0 Å². The number of carbonyl (C=O) groups excluding carboxylic acids is 4. The van der Waals surface area contributed by atoms with E-state index >= 15 is 0 Å². The van der Waals surface area contributed by atoms with Gasteiger partial charge in [-0.1, -0.05) is 84.8 Å². The fourth-order valence-corrected chi connectivity index (χ4v) is 4.95. The third-order valence-corrected chi connectivity index (χ3v) is 7.82. The van der Waals surface area contributed by atoms with E-state index in [0.717, 1.165) is 75.3 Å². The Bertz CT molecular complexity index is 1250. The number of phenols is 2. The Kier molecular flexibility index (Phi) is 15.8. The van der Waals surface area contributed by atoms with Crippen molar-refractivity contribution in [2.45, 2.75) is 105 Å². The summed E-state index contributed by atoms with van der Waals surface area (Å²) < 4.78 is 0. The van der Waals surface area contributed by atoms with E-state index in [1.165, 1.54) is 12.1 Å². The predicted octanol–water partition coefficient (Wildman–Crippen LogP) is 5.62. The summed E-state index contributed by atoms with van der Waals surface area (Å²) >= 11 is 0. The molecule has 0 fully saturated rings. The van der Waals surface area contributed by atoms with E-state index in [2.05, 4.69) is 42.5 Å². The second-order valence-electron chi connectivity index (χ2n) is 11.4. The van der Waals surface area contributed by atoms with Gasteiger partial charge in [-0.3, -0.25) is 40.9 Å². The van der Waals surface area contributed by atoms with Crippen molar-refractivity contribution in [2.24, 2.45) is 11.8 Å². The number of aryl methyl sites for hydroxylation is 2. The SMILES string of the molecule is CCCCCCCC(C(=O)NNC(=O)c1ccc(CCCC)cc1O)C(C)C(=O)NNC(=O)c1ccc(CCCC)cc1O. The van der Waals surface area contributed by atoms with E-state index in [1.807, 2.05) is 0 Å². The summed E-state index contributed by atoms with van der Waals surface area (Å²) in [5.74, 6) is -4.51. The molecule has 2 rings (SSSR count). The summed E-state index contributed by atoms with van der Waals surface area (Å²) in [6, 6.07) is 9.66. The summed E-state index contributed by atoms with van der Waals surface area (Å²) in [5, 5.41) is 20.7. The molecule has 2 aromatic rings. The molecule has 0 aliphatic heterocycles. The highest BCUT2D eigenvalue weighted by atomic mass is 16.3. The van der Waals surface area contributed by atoms with Crippen LogP contribution in [-0.4, -0.2) is 33.8 Å².